The first-order valence-corrected chi connectivity index (χ1v) is 10.3. The molecule has 0 fully saturated rings. The Kier molecular flexibility index (Phi) is 5.33. The zero-order valence-electron chi connectivity index (χ0n) is 16.8. The molecule has 2 heterocycles. The summed E-state index contributed by atoms with van der Waals surface area (Å²) in [6.07, 6.45) is 0. The Morgan fingerprint density at radius 3 is 2.60 bits per heavy atom. The van der Waals surface area contributed by atoms with E-state index >= 15 is 0 Å². The maximum absolute atomic E-state index is 11.1. The minimum Gasteiger partial charge on any atom is -0.494 e. The molecule has 2 aromatic heterocycles. The summed E-state index contributed by atoms with van der Waals surface area (Å²) in [5.41, 5.74) is 2.71. The SMILES string of the molecule is CCOc1ccc(-c2c(C)sc3nc(C)nc(Nc4cccc([N+](=O)[O-])c4)c23)cc1. The van der Waals surface area contributed by atoms with E-state index < -0.39 is 4.92 Å². The van der Waals surface area contributed by atoms with Gasteiger partial charge in [-0.3, -0.25) is 10.1 Å². The van der Waals surface area contributed by atoms with Crippen molar-refractivity contribution in [2.24, 2.45) is 0 Å². The van der Waals surface area contributed by atoms with Gasteiger partial charge in [-0.2, -0.15) is 0 Å². The van der Waals surface area contributed by atoms with Crippen LogP contribution in [0.5, 0.6) is 5.75 Å². The highest BCUT2D eigenvalue weighted by atomic mass is 32.1. The second kappa shape index (κ2) is 8.08. The lowest BCUT2D eigenvalue weighted by atomic mass is 10.0. The summed E-state index contributed by atoms with van der Waals surface area (Å²) in [6, 6.07) is 14.3. The Hall–Kier alpha value is -3.52. The maximum Gasteiger partial charge on any atom is 0.271 e. The molecule has 4 rings (SSSR count). The van der Waals surface area contributed by atoms with Crippen LogP contribution >= 0.6 is 11.3 Å². The molecule has 0 amide bonds. The Morgan fingerprint density at radius 1 is 1.13 bits per heavy atom. The number of hydrogen-bond donors (Lipinski definition) is 1. The third-order valence-electron chi connectivity index (χ3n) is 4.61. The quantitative estimate of drug-likeness (QED) is 0.303. The van der Waals surface area contributed by atoms with Gasteiger partial charge in [0.15, 0.2) is 0 Å². The van der Waals surface area contributed by atoms with Crippen molar-refractivity contribution in [3.8, 4) is 16.9 Å². The van der Waals surface area contributed by atoms with Gasteiger partial charge in [0.1, 0.15) is 22.2 Å². The van der Waals surface area contributed by atoms with Crippen LogP contribution in [0.1, 0.15) is 17.6 Å². The van der Waals surface area contributed by atoms with Crippen LogP contribution in [-0.4, -0.2) is 21.5 Å². The largest absolute Gasteiger partial charge is 0.494 e. The van der Waals surface area contributed by atoms with Gasteiger partial charge >= 0.3 is 0 Å². The molecule has 0 bridgehead atoms. The molecule has 0 aliphatic rings. The van der Waals surface area contributed by atoms with Gasteiger partial charge < -0.3 is 10.1 Å². The smallest absolute Gasteiger partial charge is 0.271 e. The normalized spacial score (nSPS) is 10.9. The number of ether oxygens (including phenoxy) is 1. The van der Waals surface area contributed by atoms with E-state index in [2.05, 4.69) is 22.2 Å². The first-order chi connectivity index (χ1) is 14.5. The topological polar surface area (TPSA) is 90.2 Å². The van der Waals surface area contributed by atoms with Crippen LogP contribution < -0.4 is 10.1 Å². The predicted molar refractivity (Wildman–Crippen MR) is 120 cm³/mol. The van der Waals surface area contributed by atoms with E-state index in [0.717, 1.165) is 32.0 Å². The summed E-state index contributed by atoms with van der Waals surface area (Å²) in [7, 11) is 0. The summed E-state index contributed by atoms with van der Waals surface area (Å²) < 4.78 is 5.56. The van der Waals surface area contributed by atoms with Crippen molar-refractivity contribution < 1.29 is 9.66 Å². The molecular weight excluding hydrogens is 400 g/mol. The van der Waals surface area contributed by atoms with Crippen LogP contribution in [-0.2, 0) is 0 Å². The molecule has 0 unspecified atom stereocenters. The number of nitrogens with zero attached hydrogens (tertiary/aromatic N) is 3. The molecule has 0 aliphatic heterocycles. The number of nitrogens with one attached hydrogen (secondary N) is 1. The summed E-state index contributed by atoms with van der Waals surface area (Å²) >= 11 is 1.60. The zero-order valence-corrected chi connectivity index (χ0v) is 17.6. The van der Waals surface area contributed by atoms with Crippen molar-refractivity contribution in [2.45, 2.75) is 20.8 Å². The lowest BCUT2D eigenvalue weighted by molar-refractivity contribution is -0.384. The van der Waals surface area contributed by atoms with Gasteiger partial charge in [0, 0.05) is 28.3 Å². The fraction of sp³-hybridized carbons (Fsp3) is 0.182. The molecule has 1 N–H and O–H groups in total. The third-order valence-corrected chi connectivity index (χ3v) is 5.61. The highest BCUT2D eigenvalue weighted by Crippen LogP contribution is 2.41. The van der Waals surface area contributed by atoms with Gasteiger partial charge in [0.25, 0.3) is 5.69 Å². The van der Waals surface area contributed by atoms with Crippen molar-refractivity contribution in [1.82, 2.24) is 9.97 Å². The van der Waals surface area contributed by atoms with E-state index in [1.54, 1.807) is 23.5 Å². The van der Waals surface area contributed by atoms with Crippen LogP contribution in [0.25, 0.3) is 21.3 Å². The van der Waals surface area contributed by atoms with Crippen LogP contribution in [0.15, 0.2) is 48.5 Å². The fourth-order valence-corrected chi connectivity index (χ4v) is 4.47. The second-order valence-electron chi connectivity index (χ2n) is 6.72. The van der Waals surface area contributed by atoms with Gasteiger partial charge in [0.05, 0.1) is 16.9 Å². The van der Waals surface area contributed by atoms with E-state index in [-0.39, 0.29) is 5.69 Å². The first-order valence-electron chi connectivity index (χ1n) is 9.48. The third kappa shape index (κ3) is 3.81. The number of hydrogen-bond acceptors (Lipinski definition) is 7. The molecule has 8 heteroatoms. The van der Waals surface area contributed by atoms with Gasteiger partial charge in [-0.1, -0.05) is 18.2 Å². The maximum atomic E-state index is 11.1. The van der Waals surface area contributed by atoms with Crippen molar-refractivity contribution >= 4 is 38.7 Å². The Balaban J connectivity index is 1.84. The number of aromatic nitrogens is 2. The summed E-state index contributed by atoms with van der Waals surface area (Å²) in [6.45, 7) is 6.47. The molecule has 4 aromatic rings. The molecule has 2 aromatic carbocycles. The first kappa shape index (κ1) is 19.8. The highest BCUT2D eigenvalue weighted by Gasteiger charge is 2.18. The Labute approximate surface area is 177 Å². The minimum absolute atomic E-state index is 0.0234. The molecule has 0 spiro atoms. The van der Waals surface area contributed by atoms with Crippen LogP contribution in [0.4, 0.5) is 17.2 Å². The highest BCUT2D eigenvalue weighted by molar-refractivity contribution is 7.19. The lowest BCUT2D eigenvalue weighted by Crippen LogP contribution is -1.99. The predicted octanol–water partition coefficient (Wildman–Crippen LogP) is 6.03. The standard InChI is InChI=1S/C22H20N4O3S/c1-4-29-18-10-8-15(9-11-18)19-13(2)30-22-20(19)21(23-14(3)24-22)25-16-6-5-7-17(12-16)26(27)28/h5-12H,4H2,1-3H3,(H,23,24,25). The molecular formula is C22H20N4O3S. The number of thiophene rings is 1. The van der Waals surface area contributed by atoms with E-state index in [1.807, 2.05) is 38.1 Å². The summed E-state index contributed by atoms with van der Waals surface area (Å²) in [5.74, 6) is 2.08. The number of benzene rings is 2. The van der Waals surface area contributed by atoms with Gasteiger partial charge in [-0.15, -0.1) is 11.3 Å². The average Bonchev–Trinajstić information content (AvgIpc) is 3.05. The minimum atomic E-state index is -0.411. The molecule has 0 atom stereocenters. The number of rotatable bonds is 6. The van der Waals surface area contributed by atoms with Crippen molar-refractivity contribution in [3.63, 3.8) is 0 Å². The molecule has 152 valence electrons. The van der Waals surface area contributed by atoms with Crippen LogP contribution in [0.3, 0.4) is 0 Å². The Morgan fingerprint density at radius 2 is 1.90 bits per heavy atom. The van der Waals surface area contributed by atoms with Crippen LogP contribution in [0, 0.1) is 24.0 Å². The molecule has 0 aliphatic carbocycles. The summed E-state index contributed by atoms with van der Waals surface area (Å²) in [5, 5.41) is 15.3. The van der Waals surface area contributed by atoms with Gasteiger partial charge in [-0.25, -0.2) is 9.97 Å². The van der Waals surface area contributed by atoms with Crippen molar-refractivity contribution in [3.05, 3.63) is 69.3 Å². The van der Waals surface area contributed by atoms with Gasteiger partial charge in [-0.05, 0) is 44.5 Å². The fourth-order valence-electron chi connectivity index (χ4n) is 3.37. The van der Waals surface area contributed by atoms with Crippen LogP contribution in [0.2, 0.25) is 0 Å². The van der Waals surface area contributed by atoms with E-state index in [4.69, 9.17) is 4.74 Å². The van der Waals surface area contributed by atoms with Crippen molar-refractivity contribution in [1.29, 1.82) is 0 Å². The number of anilines is 2. The van der Waals surface area contributed by atoms with Crippen molar-refractivity contribution in [2.75, 3.05) is 11.9 Å². The molecule has 7 nitrogen and oxygen atoms in total. The molecule has 0 saturated heterocycles. The zero-order chi connectivity index (χ0) is 21.3. The molecule has 30 heavy (non-hydrogen) atoms. The number of non-ortho nitro benzene ring substituents is 1. The van der Waals surface area contributed by atoms with E-state index in [1.165, 1.54) is 12.1 Å². The van der Waals surface area contributed by atoms with E-state index in [0.29, 0.717) is 23.9 Å². The van der Waals surface area contributed by atoms with E-state index in [9.17, 15) is 10.1 Å². The monoisotopic (exact) mass is 420 g/mol. The Bertz CT molecular complexity index is 1240. The van der Waals surface area contributed by atoms with Gasteiger partial charge in [0.2, 0.25) is 0 Å². The number of fused-ring (bicyclic) bond motifs is 1. The second-order valence-corrected chi connectivity index (χ2v) is 7.93. The lowest BCUT2D eigenvalue weighted by Gasteiger charge is -2.11. The number of nitro benzene ring substituents is 1. The molecule has 0 saturated carbocycles. The number of nitro groups is 1. The molecule has 0 radical (unpaired) electrons. The number of aryl methyl sites for hydroxylation is 2. The average molecular weight is 420 g/mol. The summed E-state index contributed by atoms with van der Waals surface area (Å²) in [4.78, 5) is 21.9.